The van der Waals surface area contributed by atoms with Gasteiger partial charge < -0.3 is 4.74 Å². The average molecular weight is 261 g/mol. The molecule has 1 aliphatic heterocycles. The standard InChI is InChI=1S/C16H20FNO/c1-11-6-7-15(17)16(9-11)19-8-4-5-14-12(2)10-18-13(14)3/h6-7,9H,4-5,8,10H2,1-3H3. The van der Waals surface area contributed by atoms with Crippen LogP contribution in [0, 0.1) is 12.7 Å². The van der Waals surface area contributed by atoms with Crippen LogP contribution in [0.5, 0.6) is 5.75 Å². The highest BCUT2D eigenvalue weighted by atomic mass is 19.1. The maximum atomic E-state index is 13.5. The van der Waals surface area contributed by atoms with Gasteiger partial charge in [0.05, 0.1) is 13.2 Å². The van der Waals surface area contributed by atoms with Crippen LogP contribution in [0.4, 0.5) is 4.39 Å². The Balaban J connectivity index is 1.83. The third kappa shape index (κ3) is 3.43. The molecular weight excluding hydrogens is 241 g/mol. The van der Waals surface area contributed by atoms with E-state index in [2.05, 4.69) is 11.9 Å². The van der Waals surface area contributed by atoms with Crippen molar-refractivity contribution >= 4 is 5.71 Å². The number of allylic oxidation sites excluding steroid dienone is 1. The third-order valence-electron chi connectivity index (χ3n) is 3.42. The Bertz CT molecular complexity index is 532. The first-order chi connectivity index (χ1) is 9.08. The smallest absolute Gasteiger partial charge is 0.165 e. The zero-order valence-corrected chi connectivity index (χ0v) is 11.8. The highest BCUT2D eigenvalue weighted by Gasteiger charge is 2.12. The number of benzene rings is 1. The first kappa shape index (κ1) is 13.8. The van der Waals surface area contributed by atoms with Gasteiger partial charge in [0.25, 0.3) is 0 Å². The number of ether oxygens (including phenoxy) is 1. The number of aryl methyl sites for hydroxylation is 1. The van der Waals surface area contributed by atoms with Gasteiger partial charge in [-0.05, 0) is 62.5 Å². The van der Waals surface area contributed by atoms with Crippen molar-refractivity contribution in [1.82, 2.24) is 0 Å². The van der Waals surface area contributed by atoms with Crippen LogP contribution < -0.4 is 4.74 Å². The third-order valence-corrected chi connectivity index (χ3v) is 3.42. The van der Waals surface area contributed by atoms with Crippen LogP contribution in [-0.2, 0) is 0 Å². The Morgan fingerprint density at radius 2 is 2.05 bits per heavy atom. The molecule has 0 saturated heterocycles. The lowest BCUT2D eigenvalue weighted by atomic mass is 10.0. The summed E-state index contributed by atoms with van der Waals surface area (Å²) >= 11 is 0. The molecule has 2 rings (SSSR count). The van der Waals surface area contributed by atoms with Crippen LogP contribution in [0.2, 0.25) is 0 Å². The second-order valence-corrected chi connectivity index (χ2v) is 5.05. The minimum absolute atomic E-state index is 0.292. The van der Waals surface area contributed by atoms with Crippen molar-refractivity contribution in [3.05, 3.63) is 40.7 Å². The minimum Gasteiger partial charge on any atom is -0.490 e. The molecule has 0 N–H and O–H groups in total. The molecule has 0 bridgehead atoms. The lowest BCUT2D eigenvalue weighted by Gasteiger charge is -2.09. The summed E-state index contributed by atoms with van der Waals surface area (Å²) in [5, 5.41) is 0. The van der Waals surface area contributed by atoms with Crippen molar-refractivity contribution < 1.29 is 9.13 Å². The molecule has 19 heavy (non-hydrogen) atoms. The van der Waals surface area contributed by atoms with E-state index in [4.69, 9.17) is 4.74 Å². The summed E-state index contributed by atoms with van der Waals surface area (Å²) < 4.78 is 19.0. The van der Waals surface area contributed by atoms with E-state index >= 15 is 0 Å². The molecule has 1 aromatic rings. The zero-order valence-electron chi connectivity index (χ0n) is 11.8. The molecule has 0 amide bonds. The molecule has 0 saturated carbocycles. The van der Waals surface area contributed by atoms with E-state index in [0.717, 1.165) is 30.7 Å². The summed E-state index contributed by atoms with van der Waals surface area (Å²) in [6.45, 7) is 7.46. The first-order valence-corrected chi connectivity index (χ1v) is 6.67. The van der Waals surface area contributed by atoms with Gasteiger partial charge in [-0.15, -0.1) is 0 Å². The monoisotopic (exact) mass is 261 g/mol. The van der Waals surface area contributed by atoms with Crippen LogP contribution in [0.3, 0.4) is 0 Å². The minimum atomic E-state index is -0.292. The van der Waals surface area contributed by atoms with E-state index in [1.165, 1.54) is 17.2 Å². The fraction of sp³-hybridized carbons (Fsp3) is 0.438. The molecule has 1 aromatic carbocycles. The Labute approximate surface area is 114 Å². The molecule has 0 fully saturated rings. The van der Waals surface area contributed by atoms with Crippen LogP contribution in [0.15, 0.2) is 34.3 Å². The number of hydrogen-bond acceptors (Lipinski definition) is 2. The average Bonchev–Trinajstić information content (AvgIpc) is 2.69. The van der Waals surface area contributed by atoms with E-state index in [0.29, 0.717) is 12.4 Å². The molecule has 0 atom stereocenters. The second kappa shape index (κ2) is 6.00. The van der Waals surface area contributed by atoms with E-state index in [1.54, 1.807) is 12.1 Å². The Hall–Kier alpha value is -1.64. The van der Waals surface area contributed by atoms with Crippen molar-refractivity contribution in [3.8, 4) is 5.75 Å². The molecular formula is C16H20FNO. The maximum absolute atomic E-state index is 13.5. The fourth-order valence-electron chi connectivity index (χ4n) is 2.28. The number of halogens is 1. The summed E-state index contributed by atoms with van der Waals surface area (Å²) in [7, 11) is 0. The Kier molecular flexibility index (Phi) is 4.35. The number of rotatable bonds is 5. The van der Waals surface area contributed by atoms with Crippen LogP contribution in [-0.4, -0.2) is 18.9 Å². The molecule has 0 unspecified atom stereocenters. The number of aliphatic imine (C=N–C) groups is 1. The molecule has 0 radical (unpaired) electrons. The van der Waals surface area contributed by atoms with E-state index in [-0.39, 0.29) is 5.82 Å². The number of nitrogens with zero attached hydrogens (tertiary/aromatic N) is 1. The van der Waals surface area contributed by atoms with Crippen LogP contribution >= 0.6 is 0 Å². The van der Waals surface area contributed by atoms with Crippen molar-refractivity contribution in [2.24, 2.45) is 4.99 Å². The largest absolute Gasteiger partial charge is 0.490 e. The van der Waals surface area contributed by atoms with Crippen LogP contribution in [0.25, 0.3) is 0 Å². The summed E-state index contributed by atoms with van der Waals surface area (Å²) in [6, 6.07) is 4.93. The fourth-order valence-corrected chi connectivity index (χ4v) is 2.28. The quantitative estimate of drug-likeness (QED) is 0.732. The maximum Gasteiger partial charge on any atom is 0.165 e. The molecule has 102 valence electrons. The predicted octanol–water partition coefficient (Wildman–Crippen LogP) is 4.08. The highest BCUT2D eigenvalue weighted by molar-refractivity contribution is 6.00. The summed E-state index contributed by atoms with van der Waals surface area (Å²) in [5.41, 5.74) is 4.83. The predicted molar refractivity (Wildman–Crippen MR) is 76.5 cm³/mol. The summed E-state index contributed by atoms with van der Waals surface area (Å²) in [5.74, 6) is 0.0575. The van der Waals surface area contributed by atoms with Gasteiger partial charge in [0, 0.05) is 5.71 Å². The van der Waals surface area contributed by atoms with Crippen molar-refractivity contribution in [2.75, 3.05) is 13.2 Å². The van der Waals surface area contributed by atoms with Gasteiger partial charge >= 0.3 is 0 Å². The Morgan fingerprint density at radius 1 is 1.26 bits per heavy atom. The van der Waals surface area contributed by atoms with Crippen molar-refractivity contribution in [3.63, 3.8) is 0 Å². The van der Waals surface area contributed by atoms with Gasteiger partial charge in [0.15, 0.2) is 11.6 Å². The van der Waals surface area contributed by atoms with E-state index in [9.17, 15) is 4.39 Å². The zero-order chi connectivity index (χ0) is 13.8. The molecule has 0 spiro atoms. The molecule has 0 aromatic heterocycles. The molecule has 3 heteroatoms. The SMILES string of the molecule is CC1=NCC(C)=C1CCCOc1cc(C)ccc1F. The molecule has 1 heterocycles. The second-order valence-electron chi connectivity index (χ2n) is 5.05. The van der Waals surface area contributed by atoms with Crippen LogP contribution in [0.1, 0.15) is 32.3 Å². The van der Waals surface area contributed by atoms with Gasteiger partial charge in [-0.3, -0.25) is 4.99 Å². The summed E-state index contributed by atoms with van der Waals surface area (Å²) in [6.07, 6.45) is 1.83. The molecule has 2 nitrogen and oxygen atoms in total. The summed E-state index contributed by atoms with van der Waals surface area (Å²) in [4.78, 5) is 4.40. The van der Waals surface area contributed by atoms with Gasteiger partial charge in [0.2, 0.25) is 0 Å². The van der Waals surface area contributed by atoms with Gasteiger partial charge in [0.1, 0.15) is 0 Å². The van der Waals surface area contributed by atoms with Gasteiger partial charge in [-0.1, -0.05) is 6.07 Å². The Morgan fingerprint density at radius 3 is 2.74 bits per heavy atom. The van der Waals surface area contributed by atoms with E-state index < -0.39 is 0 Å². The van der Waals surface area contributed by atoms with E-state index in [1.807, 2.05) is 13.8 Å². The highest BCUT2D eigenvalue weighted by Crippen LogP contribution is 2.21. The first-order valence-electron chi connectivity index (χ1n) is 6.67. The van der Waals surface area contributed by atoms with Gasteiger partial charge in [-0.2, -0.15) is 0 Å². The normalized spacial score (nSPS) is 14.8. The number of hydrogen-bond donors (Lipinski definition) is 0. The lowest BCUT2D eigenvalue weighted by Crippen LogP contribution is -2.02. The van der Waals surface area contributed by atoms with Crippen molar-refractivity contribution in [1.29, 1.82) is 0 Å². The lowest BCUT2D eigenvalue weighted by molar-refractivity contribution is 0.296. The topological polar surface area (TPSA) is 21.6 Å². The van der Waals surface area contributed by atoms with Gasteiger partial charge in [-0.25, -0.2) is 4.39 Å². The van der Waals surface area contributed by atoms with Crippen molar-refractivity contribution in [2.45, 2.75) is 33.6 Å². The molecule has 1 aliphatic rings. The molecule has 0 aliphatic carbocycles.